The lowest BCUT2D eigenvalue weighted by molar-refractivity contribution is -0.150. The van der Waals surface area contributed by atoms with E-state index in [0.29, 0.717) is 24.8 Å². The highest BCUT2D eigenvalue weighted by Gasteiger charge is 2.35. The second-order valence-corrected chi connectivity index (χ2v) is 5.13. The molecule has 0 aromatic heterocycles. The van der Waals surface area contributed by atoms with Crippen LogP contribution in [0.1, 0.15) is 41.1 Å². The van der Waals surface area contributed by atoms with Gasteiger partial charge in [0.2, 0.25) is 0 Å². The third-order valence-corrected chi connectivity index (χ3v) is 3.94. The van der Waals surface area contributed by atoms with Crippen LogP contribution in [0.4, 0.5) is 0 Å². The Hall–Kier alpha value is -2.17. The maximum atomic E-state index is 11.8. The molecule has 0 heterocycles. The van der Waals surface area contributed by atoms with Crippen molar-refractivity contribution >= 4 is 17.7 Å². The predicted molar refractivity (Wildman–Crippen MR) is 74.9 cm³/mol. The molecule has 0 bridgehead atoms. The molecule has 1 aromatic rings. The van der Waals surface area contributed by atoms with Crippen molar-refractivity contribution in [2.45, 2.75) is 25.2 Å². The Morgan fingerprint density at radius 3 is 2.33 bits per heavy atom. The summed E-state index contributed by atoms with van der Waals surface area (Å²) < 4.78 is 9.34. The number of carbonyl (C=O) groups is 3. The first-order valence-electron chi connectivity index (χ1n) is 6.85. The molecule has 112 valence electrons. The summed E-state index contributed by atoms with van der Waals surface area (Å²) in [6.45, 7) is 0. The van der Waals surface area contributed by atoms with E-state index in [1.54, 1.807) is 12.1 Å². The number of hydrogen-bond donors (Lipinski definition) is 0. The van der Waals surface area contributed by atoms with Gasteiger partial charge in [0, 0.05) is 6.42 Å². The minimum absolute atomic E-state index is 0.0516. The molecule has 0 spiro atoms. The van der Waals surface area contributed by atoms with Crippen molar-refractivity contribution in [2.24, 2.45) is 5.92 Å². The van der Waals surface area contributed by atoms with E-state index >= 15 is 0 Å². The number of benzene rings is 1. The van der Waals surface area contributed by atoms with Crippen LogP contribution >= 0.6 is 0 Å². The lowest BCUT2D eigenvalue weighted by atomic mass is 9.77. The second-order valence-electron chi connectivity index (χ2n) is 5.13. The van der Waals surface area contributed by atoms with Crippen molar-refractivity contribution in [2.75, 3.05) is 14.2 Å². The Kier molecular flexibility index (Phi) is 4.73. The predicted octanol–water partition coefficient (Wildman–Crippen LogP) is 2.10. The fraction of sp³-hybridized carbons (Fsp3) is 0.438. The monoisotopic (exact) mass is 290 g/mol. The lowest BCUT2D eigenvalue weighted by Gasteiger charge is -2.26. The van der Waals surface area contributed by atoms with Crippen LogP contribution in [0.3, 0.4) is 0 Å². The molecule has 0 aliphatic heterocycles. The molecule has 0 saturated heterocycles. The molecule has 1 fully saturated rings. The molecule has 2 atom stereocenters. The largest absolute Gasteiger partial charge is 0.468 e. The minimum Gasteiger partial charge on any atom is -0.468 e. The molecule has 5 heteroatoms. The summed E-state index contributed by atoms with van der Waals surface area (Å²) in [7, 11) is 2.63. The van der Waals surface area contributed by atoms with Gasteiger partial charge in [-0.2, -0.15) is 0 Å². The first kappa shape index (κ1) is 15.2. The van der Waals surface area contributed by atoms with Crippen LogP contribution in [0.5, 0.6) is 0 Å². The van der Waals surface area contributed by atoms with Gasteiger partial charge in [-0.25, -0.2) is 4.79 Å². The molecule has 1 aromatic carbocycles. The zero-order chi connectivity index (χ0) is 15.4. The topological polar surface area (TPSA) is 69.7 Å². The standard InChI is InChI=1S/C16H18O5/c1-20-15(18)11-5-3-10(4-6-11)12-7-8-14(17)13(9-12)16(19)21-2/h3-6,12-13H,7-9H2,1-2H3/t12-,13-/m1/s1. The summed E-state index contributed by atoms with van der Waals surface area (Å²) in [5.74, 6) is -1.44. The number of ketones is 1. The fourth-order valence-corrected chi connectivity index (χ4v) is 2.71. The van der Waals surface area contributed by atoms with E-state index in [1.807, 2.05) is 12.1 Å². The summed E-state index contributed by atoms with van der Waals surface area (Å²) in [6.07, 6.45) is 1.55. The molecule has 21 heavy (non-hydrogen) atoms. The van der Waals surface area contributed by atoms with Crippen molar-refractivity contribution in [3.8, 4) is 0 Å². The quantitative estimate of drug-likeness (QED) is 0.630. The number of esters is 2. The Morgan fingerprint density at radius 1 is 1.10 bits per heavy atom. The molecule has 0 amide bonds. The van der Waals surface area contributed by atoms with E-state index in [0.717, 1.165) is 5.56 Å². The third-order valence-electron chi connectivity index (χ3n) is 3.94. The molecule has 0 unspecified atom stereocenters. The van der Waals surface area contributed by atoms with Gasteiger partial charge in [-0.1, -0.05) is 12.1 Å². The van der Waals surface area contributed by atoms with E-state index in [-0.39, 0.29) is 17.7 Å². The van der Waals surface area contributed by atoms with Crippen LogP contribution in [-0.2, 0) is 19.1 Å². The highest BCUT2D eigenvalue weighted by atomic mass is 16.5. The zero-order valence-electron chi connectivity index (χ0n) is 12.1. The number of hydrogen-bond acceptors (Lipinski definition) is 5. The molecule has 1 aliphatic rings. The maximum Gasteiger partial charge on any atom is 0.337 e. The van der Waals surface area contributed by atoms with Crippen LogP contribution in [0.25, 0.3) is 0 Å². The number of ether oxygens (including phenoxy) is 2. The third kappa shape index (κ3) is 3.29. The highest BCUT2D eigenvalue weighted by Crippen LogP contribution is 2.35. The highest BCUT2D eigenvalue weighted by molar-refractivity contribution is 5.99. The summed E-state index contributed by atoms with van der Waals surface area (Å²) in [4.78, 5) is 34.8. The average Bonchev–Trinajstić information content (AvgIpc) is 2.54. The number of carbonyl (C=O) groups excluding carboxylic acids is 3. The first-order valence-corrected chi connectivity index (χ1v) is 6.85. The number of rotatable bonds is 3. The van der Waals surface area contributed by atoms with Crippen LogP contribution in [-0.4, -0.2) is 31.9 Å². The Morgan fingerprint density at radius 2 is 1.76 bits per heavy atom. The molecule has 1 saturated carbocycles. The van der Waals surface area contributed by atoms with Gasteiger partial charge in [0.05, 0.1) is 19.8 Å². The fourth-order valence-electron chi connectivity index (χ4n) is 2.71. The average molecular weight is 290 g/mol. The molecule has 5 nitrogen and oxygen atoms in total. The first-order chi connectivity index (χ1) is 10.1. The van der Waals surface area contributed by atoms with Crippen LogP contribution in [0, 0.1) is 5.92 Å². The molecular formula is C16H18O5. The SMILES string of the molecule is COC(=O)c1ccc([C@@H]2CCC(=O)[C@H](C(=O)OC)C2)cc1. The van der Waals surface area contributed by atoms with E-state index in [4.69, 9.17) is 0 Å². The van der Waals surface area contributed by atoms with Gasteiger partial charge in [0.15, 0.2) is 0 Å². The number of Topliss-reactive ketones (excluding diaryl/α,β-unsaturated/α-hetero) is 1. The van der Waals surface area contributed by atoms with Crippen molar-refractivity contribution < 1.29 is 23.9 Å². The summed E-state index contributed by atoms with van der Waals surface area (Å²) in [5.41, 5.74) is 1.50. The van der Waals surface area contributed by atoms with Gasteiger partial charge in [-0.3, -0.25) is 9.59 Å². The van der Waals surface area contributed by atoms with E-state index in [2.05, 4.69) is 9.47 Å². The summed E-state index contributed by atoms with van der Waals surface area (Å²) in [5, 5.41) is 0. The van der Waals surface area contributed by atoms with Gasteiger partial charge in [-0.15, -0.1) is 0 Å². The molecule has 0 radical (unpaired) electrons. The van der Waals surface area contributed by atoms with E-state index in [1.165, 1.54) is 14.2 Å². The summed E-state index contributed by atoms with van der Waals surface area (Å²) >= 11 is 0. The van der Waals surface area contributed by atoms with Gasteiger partial charge >= 0.3 is 11.9 Å². The normalized spacial score (nSPS) is 21.7. The van der Waals surface area contributed by atoms with Crippen LogP contribution in [0.2, 0.25) is 0 Å². The minimum atomic E-state index is -0.672. The van der Waals surface area contributed by atoms with Crippen LogP contribution in [0.15, 0.2) is 24.3 Å². The molecule has 2 rings (SSSR count). The van der Waals surface area contributed by atoms with E-state index < -0.39 is 11.9 Å². The Bertz CT molecular complexity index is 538. The van der Waals surface area contributed by atoms with Gasteiger partial charge in [0.25, 0.3) is 0 Å². The van der Waals surface area contributed by atoms with Gasteiger partial charge in [-0.05, 0) is 36.5 Å². The lowest BCUT2D eigenvalue weighted by Crippen LogP contribution is -2.31. The van der Waals surface area contributed by atoms with Crippen molar-refractivity contribution in [3.63, 3.8) is 0 Å². The van der Waals surface area contributed by atoms with Crippen molar-refractivity contribution in [1.82, 2.24) is 0 Å². The molecule has 0 N–H and O–H groups in total. The van der Waals surface area contributed by atoms with Gasteiger partial charge in [0.1, 0.15) is 11.7 Å². The maximum absolute atomic E-state index is 11.8. The number of methoxy groups -OCH3 is 2. The second kappa shape index (κ2) is 6.52. The van der Waals surface area contributed by atoms with Gasteiger partial charge < -0.3 is 9.47 Å². The van der Waals surface area contributed by atoms with E-state index in [9.17, 15) is 14.4 Å². The van der Waals surface area contributed by atoms with Crippen molar-refractivity contribution in [1.29, 1.82) is 0 Å². The Balaban J connectivity index is 2.13. The smallest absolute Gasteiger partial charge is 0.337 e. The summed E-state index contributed by atoms with van der Waals surface area (Å²) in [6, 6.07) is 7.09. The van der Waals surface area contributed by atoms with Crippen LogP contribution < -0.4 is 0 Å². The zero-order valence-corrected chi connectivity index (χ0v) is 12.1. The Labute approximate surface area is 123 Å². The van der Waals surface area contributed by atoms with Crippen molar-refractivity contribution in [3.05, 3.63) is 35.4 Å². The molecule has 1 aliphatic carbocycles. The molecular weight excluding hydrogens is 272 g/mol.